The van der Waals surface area contributed by atoms with E-state index >= 15 is 0 Å². The summed E-state index contributed by atoms with van der Waals surface area (Å²) < 4.78 is 17.1. The average Bonchev–Trinajstić information content (AvgIpc) is 3.05. The molecule has 7 nitrogen and oxygen atoms in total. The zero-order valence-electron chi connectivity index (χ0n) is 12.6. The Labute approximate surface area is 141 Å². The van der Waals surface area contributed by atoms with Gasteiger partial charge in [0.1, 0.15) is 5.52 Å². The van der Waals surface area contributed by atoms with Crippen molar-refractivity contribution in [1.29, 1.82) is 0 Å². The Hall–Kier alpha value is -2.93. The lowest BCUT2D eigenvalue weighted by Crippen LogP contribution is -2.30. The third kappa shape index (κ3) is 2.05. The standard InChI is InChI=1S/C16H12ClN3O4/c1-22-14-12-10(6-11-13(14)24-7-23-11)16(21)20(18)15(19-12)8-2-4-9(17)5-3-8/h2-6H,7,18H2,1H3. The Morgan fingerprint density at radius 1 is 1.29 bits per heavy atom. The van der Waals surface area contributed by atoms with Gasteiger partial charge in [-0.3, -0.25) is 4.79 Å². The highest BCUT2D eigenvalue weighted by Crippen LogP contribution is 2.44. The number of rotatable bonds is 2. The van der Waals surface area contributed by atoms with E-state index in [1.165, 1.54) is 7.11 Å². The van der Waals surface area contributed by atoms with Gasteiger partial charge in [-0.05, 0) is 30.3 Å². The van der Waals surface area contributed by atoms with Crippen molar-refractivity contribution in [3.8, 4) is 28.6 Å². The summed E-state index contributed by atoms with van der Waals surface area (Å²) in [6, 6.07) is 8.43. The van der Waals surface area contributed by atoms with Crippen LogP contribution in [0.4, 0.5) is 0 Å². The van der Waals surface area contributed by atoms with Crippen LogP contribution in [0.25, 0.3) is 22.3 Å². The molecule has 0 radical (unpaired) electrons. The topological polar surface area (TPSA) is 88.6 Å². The lowest BCUT2D eigenvalue weighted by atomic mass is 10.1. The van der Waals surface area contributed by atoms with E-state index in [4.69, 9.17) is 31.7 Å². The van der Waals surface area contributed by atoms with Gasteiger partial charge in [-0.2, -0.15) is 0 Å². The molecule has 24 heavy (non-hydrogen) atoms. The second-order valence-electron chi connectivity index (χ2n) is 5.16. The number of benzene rings is 2. The van der Waals surface area contributed by atoms with Gasteiger partial charge in [0.2, 0.25) is 12.5 Å². The van der Waals surface area contributed by atoms with Gasteiger partial charge in [-0.25, -0.2) is 9.66 Å². The zero-order valence-corrected chi connectivity index (χ0v) is 13.3. The van der Waals surface area contributed by atoms with E-state index in [0.717, 1.165) is 4.68 Å². The van der Waals surface area contributed by atoms with Gasteiger partial charge in [-0.1, -0.05) is 11.6 Å². The second-order valence-corrected chi connectivity index (χ2v) is 5.59. The molecule has 8 heteroatoms. The van der Waals surface area contributed by atoms with Gasteiger partial charge in [0, 0.05) is 10.6 Å². The molecule has 0 spiro atoms. The molecule has 0 saturated carbocycles. The monoisotopic (exact) mass is 345 g/mol. The van der Waals surface area contributed by atoms with Gasteiger partial charge in [0.15, 0.2) is 17.3 Å². The van der Waals surface area contributed by atoms with Gasteiger partial charge >= 0.3 is 0 Å². The largest absolute Gasteiger partial charge is 0.491 e. The van der Waals surface area contributed by atoms with Crippen LogP contribution in [-0.4, -0.2) is 23.6 Å². The van der Waals surface area contributed by atoms with Crippen LogP contribution in [0.15, 0.2) is 35.1 Å². The Morgan fingerprint density at radius 3 is 2.75 bits per heavy atom. The Kier molecular flexibility index (Phi) is 3.24. The fraction of sp³-hybridized carbons (Fsp3) is 0.125. The molecule has 0 unspecified atom stereocenters. The maximum atomic E-state index is 12.7. The summed E-state index contributed by atoms with van der Waals surface area (Å²) in [6.45, 7) is 0.0584. The number of nitrogens with two attached hydrogens (primary N) is 1. The third-order valence-corrected chi connectivity index (χ3v) is 4.05. The van der Waals surface area contributed by atoms with Gasteiger partial charge in [0.25, 0.3) is 5.56 Å². The minimum Gasteiger partial charge on any atom is -0.491 e. The van der Waals surface area contributed by atoms with E-state index in [1.807, 2.05) is 0 Å². The van der Waals surface area contributed by atoms with Crippen molar-refractivity contribution in [2.45, 2.75) is 0 Å². The maximum absolute atomic E-state index is 12.7. The number of nitrogen functional groups attached to an aromatic ring is 1. The van der Waals surface area contributed by atoms with E-state index in [9.17, 15) is 4.79 Å². The van der Waals surface area contributed by atoms with Crippen LogP contribution in [-0.2, 0) is 0 Å². The average molecular weight is 346 g/mol. The number of hydrogen-bond acceptors (Lipinski definition) is 6. The highest BCUT2D eigenvalue weighted by atomic mass is 35.5. The lowest BCUT2D eigenvalue weighted by molar-refractivity contribution is 0.171. The van der Waals surface area contributed by atoms with Crippen molar-refractivity contribution in [3.63, 3.8) is 0 Å². The molecule has 0 amide bonds. The van der Waals surface area contributed by atoms with Crippen LogP contribution in [0.1, 0.15) is 0 Å². The molecule has 4 rings (SSSR count). The molecule has 1 aliphatic rings. The Balaban J connectivity index is 2.07. The van der Waals surface area contributed by atoms with Gasteiger partial charge < -0.3 is 20.1 Å². The first-order valence-electron chi connectivity index (χ1n) is 7.04. The lowest BCUT2D eigenvalue weighted by Gasteiger charge is -2.12. The summed E-state index contributed by atoms with van der Waals surface area (Å²) in [5.74, 6) is 7.44. The van der Waals surface area contributed by atoms with Crippen molar-refractivity contribution in [1.82, 2.24) is 9.66 Å². The van der Waals surface area contributed by atoms with Crippen LogP contribution in [0.5, 0.6) is 17.2 Å². The van der Waals surface area contributed by atoms with E-state index in [2.05, 4.69) is 4.98 Å². The zero-order chi connectivity index (χ0) is 16.8. The summed E-state index contributed by atoms with van der Waals surface area (Å²) in [5, 5.41) is 0.864. The van der Waals surface area contributed by atoms with E-state index in [-0.39, 0.29) is 12.2 Å². The molecule has 0 aliphatic carbocycles. The van der Waals surface area contributed by atoms with Crippen molar-refractivity contribution < 1.29 is 14.2 Å². The van der Waals surface area contributed by atoms with E-state index in [1.54, 1.807) is 30.3 Å². The number of aromatic nitrogens is 2. The first kappa shape index (κ1) is 14.6. The highest BCUT2D eigenvalue weighted by Gasteiger charge is 2.25. The van der Waals surface area contributed by atoms with Crippen molar-refractivity contribution in [3.05, 3.63) is 45.7 Å². The van der Waals surface area contributed by atoms with E-state index in [0.29, 0.717) is 39.2 Å². The molecule has 122 valence electrons. The molecule has 2 N–H and O–H groups in total. The highest BCUT2D eigenvalue weighted by molar-refractivity contribution is 6.30. The first-order chi connectivity index (χ1) is 11.6. The Morgan fingerprint density at radius 2 is 2.04 bits per heavy atom. The summed E-state index contributed by atoms with van der Waals surface area (Å²) in [5.41, 5.74) is 0.598. The van der Waals surface area contributed by atoms with E-state index < -0.39 is 5.56 Å². The molecular weight excluding hydrogens is 334 g/mol. The minimum absolute atomic E-state index is 0.0584. The summed E-state index contributed by atoms with van der Waals surface area (Å²) in [4.78, 5) is 17.2. The van der Waals surface area contributed by atoms with Crippen LogP contribution < -0.4 is 25.6 Å². The quantitative estimate of drug-likeness (QED) is 0.716. The van der Waals surface area contributed by atoms with Crippen molar-refractivity contribution in [2.24, 2.45) is 0 Å². The van der Waals surface area contributed by atoms with Crippen LogP contribution in [0.2, 0.25) is 5.02 Å². The summed E-state index contributed by atoms with van der Waals surface area (Å²) in [7, 11) is 1.48. The molecule has 0 fully saturated rings. The molecule has 3 aromatic rings. The molecule has 2 aromatic carbocycles. The predicted molar refractivity (Wildman–Crippen MR) is 89.3 cm³/mol. The molecule has 0 bridgehead atoms. The number of halogens is 1. The minimum atomic E-state index is -0.415. The molecule has 0 atom stereocenters. The van der Waals surface area contributed by atoms with Crippen LogP contribution in [0.3, 0.4) is 0 Å². The molecule has 2 heterocycles. The number of nitrogens with zero attached hydrogens (tertiary/aromatic N) is 2. The van der Waals surface area contributed by atoms with Crippen LogP contribution >= 0.6 is 11.6 Å². The SMILES string of the molecule is COc1c2c(cc3c(=O)n(N)c(-c4ccc(Cl)cc4)nc13)OCO2. The number of ether oxygens (including phenoxy) is 3. The van der Waals surface area contributed by atoms with Crippen molar-refractivity contribution >= 4 is 22.5 Å². The van der Waals surface area contributed by atoms with Crippen LogP contribution in [0, 0.1) is 0 Å². The number of hydrogen-bond donors (Lipinski definition) is 1. The first-order valence-corrected chi connectivity index (χ1v) is 7.42. The normalized spacial score (nSPS) is 12.6. The predicted octanol–water partition coefficient (Wildman–Crippen LogP) is 2.17. The summed E-state index contributed by atoms with van der Waals surface area (Å²) in [6.07, 6.45) is 0. The van der Waals surface area contributed by atoms with Crippen molar-refractivity contribution in [2.75, 3.05) is 19.7 Å². The van der Waals surface area contributed by atoms with Gasteiger partial charge in [-0.15, -0.1) is 0 Å². The van der Waals surface area contributed by atoms with Gasteiger partial charge in [0.05, 0.1) is 12.5 Å². The Bertz CT molecular complexity index is 1010. The molecule has 0 saturated heterocycles. The number of methoxy groups -OCH3 is 1. The smallest absolute Gasteiger partial charge is 0.280 e. The third-order valence-electron chi connectivity index (χ3n) is 3.79. The molecule has 1 aliphatic heterocycles. The molecular formula is C16H12ClN3O4. The fourth-order valence-corrected chi connectivity index (χ4v) is 2.78. The fourth-order valence-electron chi connectivity index (χ4n) is 2.65. The maximum Gasteiger partial charge on any atom is 0.280 e. The summed E-state index contributed by atoms with van der Waals surface area (Å²) >= 11 is 5.91. The number of fused-ring (bicyclic) bond motifs is 2. The molecule has 1 aromatic heterocycles. The second kappa shape index (κ2) is 5.31.